The second-order valence-corrected chi connectivity index (χ2v) is 8.93. The van der Waals surface area contributed by atoms with Crippen LogP contribution in [0.3, 0.4) is 0 Å². The van der Waals surface area contributed by atoms with Crippen LogP contribution < -0.4 is 0 Å². The molecule has 30 heavy (non-hydrogen) atoms. The van der Waals surface area contributed by atoms with Gasteiger partial charge in [0, 0.05) is 4.88 Å². The first-order valence-electron chi connectivity index (χ1n) is 10.4. The quantitative estimate of drug-likeness (QED) is 0.682. The van der Waals surface area contributed by atoms with Crippen LogP contribution in [0.25, 0.3) is 0 Å². The summed E-state index contributed by atoms with van der Waals surface area (Å²) >= 11 is 1.94. The van der Waals surface area contributed by atoms with Crippen molar-refractivity contribution >= 4 is 23.3 Å². The molecule has 0 spiro atoms. The zero-order valence-corrected chi connectivity index (χ0v) is 17.7. The number of nitrogens with zero attached hydrogens (tertiary/aromatic N) is 1. The van der Waals surface area contributed by atoms with Crippen LogP contribution in [-0.4, -0.2) is 46.7 Å². The Hall–Kier alpha value is -2.25. The molecule has 4 rings (SSSR count). The SMILES string of the molecule is Fc1ccccc1C1CCN(CCC2CCCc3sccc32)CC1.O=C(O)C(=O)O. The number of rotatable bonds is 4. The first-order chi connectivity index (χ1) is 14.5. The molecule has 1 atom stereocenters. The predicted molar refractivity (Wildman–Crippen MR) is 115 cm³/mol. The van der Waals surface area contributed by atoms with Crippen molar-refractivity contribution in [2.24, 2.45) is 0 Å². The van der Waals surface area contributed by atoms with Gasteiger partial charge in [-0.25, -0.2) is 14.0 Å². The van der Waals surface area contributed by atoms with Crippen LogP contribution >= 0.6 is 11.3 Å². The number of thiophene rings is 1. The van der Waals surface area contributed by atoms with E-state index in [2.05, 4.69) is 16.3 Å². The predicted octanol–water partition coefficient (Wildman–Crippen LogP) is 4.73. The highest BCUT2D eigenvalue weighted by atomic mass is 32.1. The van der Waals surface area contributed by atoms with E-state index in [1.165, 1.54) is 32.2 Å². The van der Waals surface area contributed by atoms with E-state index in [4.69, 9.17) is 19.8 Å². The van der Waals surface area contributed by atoms with E-state index in [0.29, 0.717) is 5.92 Å². The summed E-state index contributed by atoms with van der Waals surface area (Å²) in [4.78, 5) is 22.4. The Bertz CT molecular complexity index is 848. The van der Waals surface area contributed by atoms with Gasteiger partial charge in [-0.15, -0.1) is 11.3 Å². The van der Waals surface area contributed by atoms with Gasteiger partial charge in [-0.2, -0.15) is 0 Å². The maximum absolute atomic E-state index is 14.0. The number of likely N-dealkylation sites (tertiary alicyclic amines) is 1. The van der Waals surface area contributed by atoms with E-state index in [1.54, 1.807) is 22.6 Å². The number of fused-ring (bicyclic) bond motifs is 1. The van der Waals surface area contributed by atoms with Crippen molar-refractivity contribution in [2.75, 3.05) is 19.6 Å². The van der Waals surface area contributed by atoms with E-state index < -0.39 is 11.9 Å². The normalized spacial score (nSPS) is 19.4. The summed E-state index contributed by atoms with van der Waals surface area (Å²) in [5, 5.41) is 17.0. The Morgan fingerprint density at radius 3 is 2.40 bits per heavy atom. The van der Waals surface area contributed by atoms with Crippen molar-refractivity contribution in [3.63, 3.8) is 0 Å². The topological polar surface area (TPSA) is 77.8 Å². The number of aliphatic carboxylic acids is 2. The molecule has 2 N–H and O–H groups in total. The molecule has 1 aromatic heterocycles. The monoisotopic (exact) mass is 433 g/mol. The fourth-order valence-electron chi connectivity index (χ4n) is 4.49. The average molecular weight is 434 g/mol. The Labute approximate surface area is 180 Å². The lowest BCUT2D eigenvalue weighted by molar-refractivity contribution is -0.159. The molecule has 7 heteroatoms. The molecular formula is C23H28FNO4S. The molecule has 1 aromatic carbocycles. The molecule has 1 unspecified atom stereocenters. The summed E-state index contributed by atoms with van der Waals surface area (Å²) in [6.45, 7) is 3.42. The van der Waals surface area contributed by atoms with Crippen LogP contribution in [0.4, 0.5) is 4.39 Å². The lowest BCUT2D eigenvalue weighted by Gasteiger charge is -2.33. The second kappa shape index (κ2) is 10.7. The largest absolute Gasteiger partial charge is 0.473 e. The number of hydrogen-bond acceptors (Lipinski definition) is 4. The molecule has 0 radical (unpaired) electrons. The van der Waals surface area contributed by atoms with Gasteiger partial charge < -0.3 is 15.1 Å². The maximum atomic E-state index is 14.0. The van der Waals surface area contributed by atoms with Crippen LogP contribution in [0, 0.1) is 5.82 Å². The van der Waals surface area contributed by atoms with Crippen molar-refractivity contribution in [2.45, 2.75) is 50.4 Å². The summed E-state index contributed by atoms with van der Waals surface area (Å²) in [5.74, 6) is -2.50. The molecule has 162 valence electrons. The minimum Gasteiger partial charge on any atom is -0.473 e. The van der Waals surface area contributed by atoms with Crippen LogP contribution in [0.5, 0.6) is 0 Å². The first kappa shape index (κ1) is 22.4. The number of hydrogen-bond donors (Lipinski definition) is 2. The highest BCUT2D eigenvalue weighted by Gasteiger charge is 2.25. The van der Waals surface area contributed by atoms with Crippen LogP contribution in [0.15, 0.2) is 35.7 Å². The number of piperidine rings is 1. The van der Waals surface area contributed by atoms with Crippen LogP contribution in [0.2, 0.25) is 0 Å². The summed E-state index contributed by atoms with van der Waals surface area (Å²) < 4.78 is 14.0. The molecule has 2 aliphatic rings. The molecule has 5 nitrogen and oxygen atoms in total. The Balaban J connectivity index is 0.000000377. The van der Waals surface area contributed by atoms with Gasteiger partial charge in [-0.05, 0) is 98.6 Å². The Kier molecular flexibility index (Phi) is 7.99. The number of carboxylic acids is 2. The summed E-state index contributed by atoms with van der Waals surface area (Å²) in [7, 11) is 0. The lowest BCUT2D eigenvalue weighted by atomic mass is 9.85. The Morgan fingerprint density at radius 2 is 1.73 bits per heavy atom. The molecular weight excluding hydrogens is 405 g/mol. The molecule has 0 saturated carbocycles. The molecule has 1 aliphatic carbocycles. The van der Waals surface area contributed by atoms with Gasteiger partial charge in [0.15, 0.2) is 0 Å². The van der Waals surface area contributed by atoms with Gasteiger partial charge in [-0.3, -0.25) is 0 Å². The zero-order chi connectivity index (χ0) is 21.5. The average Bonchev–Trinajstić information content (AvgIpc) is 3.23. The van der Waals surface area contributed by atoms with Gasteiger partial charge in [-0.1, -0.05) is 18.2 Å². The summed E-state index contributed by atoms with van der Waals surface area (Å²) in [5.41, 5.74) is 2.56. The van der Waals surface area contributed by atoms with E-state index in [9.17, 15) is 4.39 Å². The fourth-order valence-corrected chi connectivity index (χ4v) is 5.51. The number of benzene rings is 1. The van der Waals surface area contributed by atoms with E-state index in [1.807, 2.05) is 23.5 Å². The first-order valence-corrected chi connectivity index (χ1v) is 11.3. The minimum absolute atomic E-state index is 0.0249. The number of halogens is 1. The third-order valence-electron chi connectivity index (χ3n) is 6.09. The molecule has 2 heterocycles. The van der Waals surface area contributed by atoms with Crippen molar-refractivity contribution in [3.05, 3.63) is 57.5 Å². The van der Waals surface area contributed by atoms with Crippen LogP contribution in [-0.2, 0) is 16.0 Å². The highest BCUT2D eigenvalue weighted by molar-refractivity contribution is 7.10. The van der Waals surface area contributed by atoms with Gasteiger partial charge >= 0.3 is 11.9 Å². The zero-order valence-electron chi connectivity index (χ0n) is 16.9. The van der Waals surface area contributed by atoms with E-state index in [-0.39, 0.29) is 5.82 Å². The van der Waals surface area contributed by atoms with Gasteiger partial charge in [0.05, 0.1) is 0 Å². The molecule has 0 amide bonds. The van der Waals surface area contributed by atoms with Gasteiger partial charge in [0.1, 0.15) is 5.82 Å². The Morgan fingerprint density at radius 1 is 1.03 bits per heavy atom. The lowest BCUT2D eigenvalue weighted by Crippen LogP contribution is -2.34. The smallest absolute Gasteiger partial charge is 0.414 e. The number of carbonyl (C=O) groups is 2. The minimum atomic E-state index is -1.82. The second-order valence-electron chi connectivity index (χ2n) is 7.92. The maximum Gasteiger partial charge on any atom is 0.414 e. The number of carboxylic acid groups (broad SMARTS) is 2. The molecule has 1 saturated heterocycles. The van der Waals surface area contributed by atoms with Crippen LogP contribution in [0.1, 0.15) is 59.9 Å². The molecule has 0 bridgehead atoms. The molecule has 1 fully saturated rings. The highest BCUT2D eigenvalue weighted by Crippen LogP contribution is 2.37. The molecule has 2 aromatic rings. The summed E-state index contributed by atoms with van der Waals surface area (Å²) in [6.07, 6.45) is 7.47. The van der Waals surface area contributed by atoms with Gasteiger partial charge in [0.25, 0.3) is 0 Å². The third kappa shape index (κ3) is 5.89. The van der Waals surface area contributed by atoms with E-state index >= 15 is 0 Å². The fraction of sp³-hybridized carbons (Fsp3) is 0.478. The van der Waals surface area contributed by atoms with Crippen molar-refractivity contribution in [1.29, 1.82) is 0 Å². The van der Waals surface area contributed by atoms with Crippen molar-refractivity contribution in [1.82, 2.24) is 4.90 Å². The van der Waals surface area contributed by atoms with E-state index in [0.717, 1.165) is 37.4 Å². The third-order valence-corrected chi connectivity index (χ3v) is 7.08. The molecule has 1 aliphatic heterocycles. The number of aryl methyl sites for hydroxylation is 1. The summed E-state index contributed by atoms with van der Waals surface area (Å²) in [6, 6.07) is 9.68. The van der Waals surface area contributed by atoms with Crippen molar-refractivity contribution in [3.8, 4) is 0 Å². The van der Waals surface area contributed by atoms with Crippen molar-refractivity contribution < 1.29 is 24.2 Å². The standard InChI is InChI=1S/C21H26FNS.C2H2O4/c22-20-6-2-1-5-18(20)17-9-13-23(14-10-17)12-8-16-4-3-7-21-19(16)11-15-24-21;3-1(4)2(5)6/h1-2,5-6,11,15-17H,3-4,7-10,12-14H2;(H,3,4)(H,5,6). The van der Waals surface area contributed by atoms with Gasteiger partial charge in [0.2, 0.25) is 0 Å².